The van der Waals surface area contributed by atoms with Crippen molar-refractivity contribution in [2.75, 3.05) is 10.6 Å². The minimum atomic E-state index is -4.68. The predicted molar refractivity (Wildman–Crippen MR) is 141 cm³/mol. The van der Waals surface area contributed by atoms with Crippen LogP contribution in [0.15, 0.2) is 43.0 Å². The summed E-state index contributed by atoms with van der Waals surface area (Å²) in [5.74, 6) is 0.727. The Hall–Kier alpha value is -4.21. The topological polar surface area (TPSA) is 119 Å². The Morgan fingerprint density at radius 1 is 1.02 bits per heavy atom. The summed E-state index contributed by atoms with van der Waals surface area (Å²) in [6, 6.07) is 4.34. The van der Waals surface area contributed by atoms with Crippen molar-refractivity contribution in [1.29, 1.82) is 0 Å². The summed E-state index contributed by atoms with van der Waals surface area (Å²) in [6.07, 6.45) is -1.86. The number of halogens is 6. The van der Waals surface area contributed by atoms with Gasteiger partial charge in [0.25, 0.3) is 0 Å². The summed E-state index contributed by atoms with van der Waals surface area (Å²) >= 11 is 0. The van der Waals surface area contributed by atoms with Gasteiger partial charge in [0.1, 0.15) is 18.2 Å². The van der Waals surface area contributed by atoms with Crippen LogP contribution in [-0.2, 0) is 12.8 Å². The van der Waals surface area contributed by atoms with Crippen molar-refractivity contribution >= 4 is 17.3 Å². The molecule has 0 amide bonds. The van der Waals surface area contributed by atoms with Crippen molar-refractivity contribution in [2.45, 2.75) is 70.2 Å². The molecule has 1 saturated carbocycles. The third-order valence-electron chi connectivity index (χ3n) is 6.89. The van der Waals surface area contributed by atoms with E-state index in [1.807, 2.05) is 0 Å². The van der Waals surface area contributed by atoms with Gasteiger partial charge < -0.3 is 15.7 Å². The number of hydrogen-bond donors (Lipinski definition) is 3. The van der Waals surface area contributed by atoms with Gasteiger partial charge >= 0.3 is 12.5 Å². The quantitative estimate of drug-likeness (QED) is 0.230. The Labute approximate surface area is 235 Å². The summed E-state index contributed by atoms with van der Waals surface area (Å²) in [6.45, 7) is 2.07. The summed E-state index contributed by atoms with van der Waals surface area (Å²) in [5.41, 5.74) is 0.746. The van der Waals surface area contributed by atoms with E-state index in [1.165, 1.54) is 30.7 Å². The van der Waals surface area contributed by atoms with Crippen molar-refractivity contribution in [2.24, 2.45) is 0 Å². The number of aryl methyl sites for hydroxylation is 1. The highest BCUT2D eigenvalue weighted by atomic mass is 19.4. The molecule has 0 aromatic carbocycles. The molecule has 4 aromatic rings. The van der Waals surface area contributed by atoms with E-state index in [2.05, 4.69) is 35.8 Å². The maximum atomic E-state index is 13.2. The molecule has 4 aromatic heterocycles. The Kier molecular flexibility index (Phi) is 7.59. The van der Waals surface area contributed by atoms with Crippen LogP contribution >= 0.6 is 0 Å². The van der Waals surface area contributed by atoms with E-state index in [-0.39, 0.29) is 28.1 Å². The van der Waals surface area contributed by atoms with E-state index < -0.39 is 24.6 Å². The number of alkyl halides is 6. The molecular formula is C26H27F6N9O. The molecule has 0 aliphatic heterocycles. The van der Waals surface area contributed by atoms with Crippen LogP contribution in [0.5, 0.6) is 0 Å². The maximum Gasteiger partial charge on any atom is 0.504 e. The third-order valence-corrected chi connectivity index (χ3v) is 6.89. The maximum absolute atomic E-state index is 13.2. The molecule has 1 fully saturated rings. The zero-order valence-electron chi connectivity index (χ0n) is 22.5. The van der Waals surface area contributed by atoms with Gasteiger partial charge in [-0.1, -0.05) is 0 Å². The normalized spacial score (nSPS) is 19.6. The van der Waals surface area contributed by atoms with Gasteiger partial charge in [0, 0.05) is 48.1 Å². The van der Waals surface area contributed by atoms with Gasteiger partial charge in [0.15, 0.2) is 5.82 Å². The molecular weight excluding hydrogens is 568 g/mol. The van der Waals surface area contributed by atoms with Gasteiger partial charge in [-0.3, -0.25) is 4.68 Å². The van der Waals surface area contributed by atoms with Crippen molar-refractivity contribution in [3.63, 3.8) is 0 Å². The molecule has 16 heteroatoms. The van der Waals surface area contributed by atoms with Gasteiger partial charge in [0.05, 0.1) is 22.6 Å². The first-order valence-corrected chi connectivity index (χ1v) is 13.0. The average Bonchev–Trinajstić information content (AvgIpc) is 3.52. The van der Waals surface area contributed by atoms with Gasteiger partial charge in [-0.25, -0.2) is 15.0 Å². The van der Waals surface area contributed by atoms with Gasteiger partial charge in [-0.05, 0) is 51.7 Å². The number of rotatable bonds is 7. The summed E-state index contributed by atoms with van der Waals surface area (Å²) in [4.78, 5) is 12.9. The lowest BCUT2D eigenvalue weighted by atomic mass is 9.83. The fourth-order valence-electron chi connectivity index (χ4n) is 4.75. The van der Waals surface area contributed by atoms with Crippen molar-refractivity contribution in [1.82, 2.24) is 34.5 Å². The minimum absolute atomic E-state index is 0.0502. The van der Waals surface area contributed by atoms with E-state index in [4.69, 9.17) is 0 Å². The standard InChI is InChI=1S/C26H27F6N9O/c1-15-18(13-40(38-15)14-25(27,28)29)23-33-9-5-21(37-23)36-22-11-20(35-16-3-7-24(2,42)8-4-16)17(12-34-22)19-6-10-41(39-19)26(30,31)32/h5-6,9-13,16,42H,3-4,7-8,14H2,1-2H3,(H2,33,34,35,36,37). The first-order chi connectivity index (χ1) is 19.6. The molecule has 1 aliphatic rings. The van der Waals surface area contributed by atoms with Gasteiger partial charge in [-0.15, -0.1) is 13.2 Å². The van der Waals surface area contributed by atoms with E-state index >= 15 is 0 Å². The van der Waals surface area contributed by atoms with Crippen LogP contribution in [0.2, 0.25) is 0 Å². The highest BCUT2D eigenvalue weighted by Gasteiger charge is 2.33. The number of anilines is 3. The predicted octanol–water partition coefficient (Wildman–Crippen LogP) is 5.79. The second-order valence-corrected chi connectivity index (χ2v) is 10.5. The van der Waals surface area contributed by atoms with Crippen LogP contribution in [0, 0.1) is 6.92 Å². The SMILES string of the molecule is Cc1nn(CC(F)(F)F)cc1-c1nccc(Nc2cc(NC3CCC(C)(O)CC3)c(-c3ccn(C(F)(F)F)n3)cn2)n1. The second-order valence-electron chi connectivity index (χ2n) is 10.5. The van der Waals surface area contributed by atoms with Crippen molar-refractivity contribution in [3.05, 3.63) is 48.7 Å². The van der Waals surface area contributed by atoms with Gasteiger partial charge in [-0.2, -0.15) is 28.1 Å². The molecule has 42 heavy (non-hydrogen) atoms. The molecule has 10 nitrogen and oxygen atoms in total. The van der Waals surface area contributed by atoms with Crippen LogP contribution < -0.4 is 10.6 Å². The van der Waals surface area contributed by atoms with E-state index in [0.717, 1.165) is 10.9 Å². The van der Waals surface area contributed by atoms with E-state index in [0.29, 0.717) is 54.0 Å². The number of aliphatic hydroxyl groups is 1. The Balaban J connectivity index is 1.42. The lowest BCUT2D eigenvalue weighted by Crippen LogP contribution is -2.35. The minimum Gasteiger partial charge on any atom is -0.390 e. The van der Waals surface area contributed by atoms with E-state index in [9.17, 15) is 31.4 Å². The molecule has 0 saturated heterocycles. The molecule has 3 N–H and O–H groups in total. The largest absolute Gasteiger partial charge is 0.504 e. The first-order valence-electron chi connectivity index (χ1n) is 13.0. The highest BCUT2D eigenvalue weighted by Crippen LogP contribution is 2.35. The fraction of sp³-hybridized carbons (Fsp3) is 0.423. The molecule has 1 aliphatic carbocycles. The zero-order chi connectivity index (χ0) is 30.3. The Bertz CT molecular complexity index is 1550. The summed E-state index contributed by atoms with van der Waals surface area (Å²) < 4.78 is 78.7. The molecule has 0 bridgehead atoms. The Morgan fingerprint density at radius 3 is 2.43 bits per heavy atom. The number of pyridine rings is 1. The monoisotopic (exact) mass is 595 g/mol. The second kappa shape index (κ2) is 10.9. The van der Waals surface area contributed by atoms with Crippen molar-refractivity contribution in [3.8, 4) is 22.6 Å². The Morgan fingerprint density at radius 2 is 1.76 bits per heavy atom. The van der Waals surface area contributed by atoms with Crippen LogP contribution in [0.25, 0.3) is 22.6 Å². The molecule has 0 atom stereocenters. The number of hydrogen-bond acceptors (Lipinski definition) is 8. The number of nitrogens with zero attached hydrogens (tertiary/aromatic N) is 7. The highest BCUT2D eigenvalue weighted by molar-refractivity contribution is 5.78. The third kappa shape index (κ3) is 6.98. The fourth-order valence-corrected chi connectivity index (χ4v) is 4.75. The molecule has 224 valence electrons. The smallest absolute Gasteiger partial charge is 0.390 e. The number of aromatic nitrogens is 7. The molecule has 5 rings (SSSR count). The molecule has 0 spiro atoms. The van der Waals surface area contributed by atoms with Crippen LogP contribution in [0.4, 0.5) is 43.7 Å². The molecule has 0 unspecified atom stereocenters. The molecule has 4 heterocycles. The lowest BCUT2D eigenvalue weighted by Gasteiger charge is -2.34. The average molecular weight is 596 g/mol. The summed E-state index contributed by atoms with van der Waals surface area (Å²) in [7, 11) is 0. The van der Waals surface area contributed by atoms with Crippen LogP contribution in [0.1, 0.15) is 38.3 Å². The first kappa shape index (κ1) is 29.3. The van der Waals surface area contributed by atoms with Gasteiger partial charge in [0.2, 0.25) is 0 Å². The van der Waals surface area contributed by atoms with Crippen molar-refractivity contribution < 1.29 is 31.4 Å². The van der Waals surface area contributed by atoms with Crippen LogP contribution in [-0.4, -0.2) is 57.4 Å². The van der Waals surface area contributed by atoms with Crippen LogP contribution in [0.3, 0.4) is 0 Å². The lowest BCUT2D eigenvalue weighted by molar-refractivity contribution is -0.212. The number of nitrogens with one attached hydrogen (secondary N) is 2. The summed E-state index contributed by atoms with van der Waals surface area (Å²) in [5, 5.41) is 24.3. The molecule has 0 radical (unpaired) electrons. The van der Waals surface area contributed by atoms with E-state index in [1.54, 1.807) is 19.9 Å². The zero-order valence-corrected chi connectivity index (χ0v) is 22.5.